The Morgan fingerprint density at radius 3 is 2.25 bits per heavy atom. The van der Waals surface area contributed by atoms with Gasteiger partial charge in [-0.15, -0.1) is 13.2 Å². The van der Waals surface area contributed by atoms with Crippen LogP contribution in [-0.4, -0.2) is 11.3 Å². The van der Waals surface area contributed by atoms with Crippen molar-refractivity contribution in [3.63, 3.8) is 0 Å². The molecule has 1 heterocycles. The second-order valence-corrected chi connectivity index (χ2v) is 3.52. The average Bonchev–Trinajstić information content (AvgIpc) is 1.96. The molecule has 0 fully saturated rings. The summed E-state index contributed by atoms with van der Waals surface area (Å²) in [6, 6.07) is 0.164. The van der Waals surface area contributed by atoms with E-state index in [1.165, 1.54) is 22.6 Å². The van der Waals surface area contributed by atoms with Gasteiger partial charge in [-0.2, -0.15) is 0 Å². The fourth-order valence-electron chi connectivity index (χ4n) is 0.839. The van der Waals surface area contributed by atoms with E-state index in [4.69, 9.17) is 0 Å². The van der Waals surface area contributed by atoms with Gasteiger partial charge in [-0.1, -0.05) is 0 Å². The van der Waals surface area contributed by atoms with Gasteiger partial charge in [0, 0.05) is 6.07 Å². The van der Waals surface area contributed by atoms with E-state index in [2.05, 4.69) is 9.72 Å². The van der Waals surface area contributed by atoms with Gasteiger partial charge in [0.15, 0.2) is 0 Å². The Morgan fingerprint density at radius 1 is 1.31 bits per heavy atom. The Balaban J connectivity index is 3.10. The van der Waals surface area contributed by atoms with Crippen LogP contribution in [0.4, 0.5) is 26.3 Å². The third-order valence-electron chi connectivity index (χ3n) is 1.38. The van der Waals surface area contributed by atoms with E-state index >= 15 is 0 Å². The summed E-state index contributed by atoms with van der Waals surface area (Å²) in [4.78, 5) is 3.07. The molecule has 0 atom stereocenters. The van der Waals surface area contributed by atoms with Crippen molar-refractivity contribution in [3.05, 3.63) is 21.1 Å². The number of halogens is 7. The number of hydrogen-bond donors (Lipinski definition) is 0. The first kappa shape index (κ1) is 13.3. The fourth-order valence-corrected chi connectivity index (χ4v) is 1.57. The number of rotatable bonds is 2. The molecule has 0 aromatic carbocycles. The lowest BCUT2D eigenvalue weighted by molar-refractivity contribution is -0.276. The molecule has 1 rings (SSSR count). The monoisotopic (exact) mass is 357 g/mol. The standard InChI is InChI=1S/C7H2F6INO/c8-2-1-3(16-7(11,12)13)15-6(14)4(2)5(9)10/h1,5H. The number of aromatic nitrogens is 1. The summed E-state index contributed by atoms with van der Waals surface area (Å²) in [7, 11) is 0. The molecule has 0 radical (unpaired) electrons. The van der Waals surface area contributed by atoms with Gasteiger partial charge in [-0.3, -0.25) is 0 Å². The maximum absolute atomic E-state index is 13.0. The second kappa shape index (κ2) is 4.63. The number of ether oxygens (including phenoxy) is 1. The largest absolute Gasteiger partial charge is 0.574 e. The maximum atomic E-state index is 13.0. The minimum atomic E-state index is -5.05. The summed E-state index contributed by atoms with van der Waals surface area (Å²) < 4.78 is 75.3. The molecule has 2 nitrogen and oxygen atoms in total. The van der Waals surface area contributed by atoms with Crippen LogP contribution >= 0.6 is 22.6 Å². The van der Waals surface area contributed by atoms with Gasteiger partial charge in [0.1, 0.15) is 9.52 Å². The topological polar surface area (TPSA) is 22.1 Å². The summed E-state index contributed by atoms with van der Waals surface area (Å²) in [5.74, 6) is -2.60. The Hall–Kier alpha value is -0.740. The summed E-state index contributed by atoms with van der Waals surface area (Å²) in [5, 5.41) is 0. The van der Waals surface area contributed by atoms with Crippen molar-refractivity contribution in [2.45, 2.75) is 12.8 Å². The van der Waals surface area contributed by atoms with Crippen LogP contribution in [0.15, 0.2) is 6.07 Å². The van der Waals surface area contributed by atoms with Crippen LogP contribution in [0.1, 0.15) is 12.0 Å². The van der Waals surface area contributed by atoms with Crippen LogP contribution in [-0.2, 0) is 0 Å². The van der Waals surface area contributed by atoms with Crippen molar-refractivity contribution < 1.29 is 31.1 Å². The first-order chi connectivity index (χ1) is 7.20. The van der Waals surface area contributed by atoms with E-state index in [9.17, 15) is 26.3 Å². The third-order valence-corrected chi connectivity index (χ3v) is 2.20. The highest BCUT2D eigenvalue weighted by Crippen LogP contribution is 2.30. The van der Waals surface area contributed by atoms with Crippen LogP contribution < -0.4 is 4.74 Å². The highest BCUT2D eigenvalue weighted by atomic mass is 127. The zero-order chi connectivity index (χ0) is 12.5. The molecule has 90 valence electrons. The lowest BCUT2D eigenvalue weighted by atomic mass is 10.3. The molecule has 1 aromatic heterocycles. The van der Waals surface area contributed by atoms with Gasteiger partial charge < -0.3 is 4.74 Å². The molecule has 0 unspecified atom stereocenters. The molecule has 16 heavy (non-hydrogen) atoms. The molecule has 0 bridgehead atoms. The van der Waals surface area contributed by atoms with Crippen LogP contribution in [0.3, 0.4) is 0 Å². The minimum absolute atomic E-state index is 0.164. The van der Waals surface area contributed by atoms with Gasteiger partial charge in [-0.05, 0) is 22.6 Å². The molecule has 0 spiro atoms. The summed E-state index contributed by atoms with van der Waals surface area (Å²) in [6.45, 7) is 0. The van der Waals surface area contributed by atoms with E-state index in [0.29, 0.717) is 0 Å². The molecule has 0 aliphatic heterocycles. The lowest BCUT2D eigenvalue weighted by Crippen LogP contribution is -2.18. The van der Waals surface area contributed by atoms with Gasteiger partial charge in [0.2, 0.25) is 5.88 Å². The maximum Gasteiger partial charge on any atom is 0.574 e. The number of nitrogens with zero attached hydrogens (tertiary/aromatic N) is 1. The Bertz CT molecular complexity index is 370. The van der Waals surface area contributed by atoms with E-state index in [1.54, 1.807) is 0 Å². The predicted molar refractivity (Wildman–Crippen MR) is 48.6 cm³/mol. The lowest BCUT2D eigenvalue weighted by Gasteiger charge is -2.10. The van der Waals surface area contributed by atoms with Crippen LogP contribution in [0.2, 0.25) is 0 Å². The normalized spacial score (nSPS) is 12.0. The number of hydrogen-bond acceptors (Lipinski definition) is 2. The number of alkyl halides is 5. The number of pyridine rings is 1. The Kier molecular flexibility index (Phi) is 3.86. The molecule has 0 saturated carbocycles. The second-order valence-electron chi connectivity index (χ2n) is 2.50. The van der Waals surface area contributed by atoms with Crippen molar-refractivity contribution in [3.8, 4) is 5.88 Å². The molecular formula is C7H2F6INO. The molecule has 0 aliphatic carbocycles. The van der Waals surface area contributed by atoms with Crippen molar-refractivity contribution in [2.75, 3.05) is 0 Å². The third kappa shape index (κ3) is 3.39. The van der Waals surface area contributed by atoms with Gasteiger partial charge in [0.05, 0.1) is 5.56 Å². The predicted octanol–water partition coefficient (Wildman–Crippen LogP) is 3.66. The summed E-state index contributed by atoms with van der Waals surface area (Å²) >= 11 is 1.20. The molecule has 0 N–H and O–H groups in total. The van der Waals surface area contributed by atoms with Gasteiger partial charge in [-0.25, -0.2) is 18.2 Å². The Morgan fingerprint density at radius 2 is 1.88 bits per heavy atom. The highest BCUT2D eigenvalue weighted by Gasteiger charge is 2.33. The zero-order valence-corrected chi connectivity index (χ0v) is 9.31. The smallest absolute Gasteiger partial charge is 0.388 e. The molecular weight excluding hydrogens is 355 g/mol. The highest BCUT2D eigenvalue weighted by molar-refractivity contribution is 14.1. The van der Waals surface area contributed by atoms with Crippen molar-refractivity contribution in [1.82, 2.24) is 4.98 Å². The van der Waals surface area contributed by atoms with Crippen LogP contribution in [0.25, 0.3) is 0 Å². The SMILES string of the molecule is Fc1cc(OC(F)(F)F)nc(I)c1C(F)F. The Labute approximate surface area is 98.7 Å². The van der Waals surface area contributed by atoms with Crippen molar-refractivity contribution >= 4 is 22.6 Å². The zero-order valence-electron chi connectivity index (χ0n) is 7.16. The van der Waals surface area contributed by atoms with Gasteiger partial charge in [0.25, 0.3) is 6.43 Å². The van der Waals surface area contributed by atoms with E-state index < -0.39 is 33.7 Å². The molecule has 9 heteroatoms. The van der Waals surface area contributed by atoms with Gasteiger partial charge >= 0.3 is 6.36 Å². The van der Waals surface area contributed by atoms with E-state index in [0.717, 1.165) is 0 Å². The average molecular weight is 357 g/mol. The van der Waals surface area contributed by atoms with Crippen LogP contribution in [0.5, 0.6) is 5.88 Å². The van der Waals surface area contributed by atoms with E-state index in [-0.39, 0.29) is 6.07 Å². The van der Waals surface area contributed by atoms with Crippen molar-refractivity contribution in [1.29, 1.82) is 0 Å². The summed E-state index contributed by atoms with van der Waals surface area (Å²) in [6.07, 6.45) is -8.20. The quantitative estimate of drug-likeness (QED) is 0.458. The molecule has 0 aliphatic rings. The van der Waals surface area contributed by atoms with E-state index in [1.807, 2.05) is 0 Å². The minimum Gasteiger partial charge on any atom is -0.388 e. The first-order valence-corrected chi connectivity index (χ1v) is 4.68. The van der Waals surface area contributed by atoms with Crippen LogP contribution in [0, 0.1) is 9.52 Å². The first-order valence-electron chi connectivity index (χ1n) is 3.60. The molecule has 0 saturated heterocycles. The molecule has 1 aromatic rings. The molecule has 0 amide bonds. The summed E-state index contributed by atoms with van der Waals surface area (Å²) in [5.41, 5.74) is -1.05. The fraction of sp³-hybridized carbons (Fsp3) is 0.286. The van der Waals surface area contributed by atoms with Crippen molar-refractivity contribution in [2.24, 2.45) is 0 Å².